The molecule has 0 bridgehead atoms. The highest BCUT2D eigenvalue weighted by Gasteiger charge is 2.07. The molecule has 1 aromatic heterocycles. The predicted octanol–water partition coefficient (Wildman–Crippen LogP) is 2.27. The molecule has 84 valence electrons. The van der Waals surface area contributed by atoms with Gasteiger partial charge >= 0.3 is 0 Å². The van der Waals surface area contributed by atoms with Crippen molar-refractivity contribution in [1.29, 1.82) is 0 Å². The number of pyridine rings is 1. The number of fused-ring (bicyclic) bond motifs is 1. The van der Waals surface area contributed by atoms with Crippen LogP contribution in [0.3, 0.4) is 0 Å². The summed E-state index contributed by atoms with van der Waals surface area (Å²) in [4.78, 5) is 4.54. The van der Waals surface area contributed by atoms with Crippen molar-refractivity contribution in [1.82, 2.24) is 10.3 Å². The third kappa shape index (κ3) is 1.86. The van der Waals surface area contributed by atoms with Gasteiger partial charge in [0.15, 0.2) is 0 Å². The van der Waals surface area contributed by atoms with Crippen molar-refractivity contribution in [3.8, 4) is 5.75 Å². The van der Waals surface area contributed by atoms with Gasteiger partial charge in [-0.15, -0.1) is 0 Å². The van der Waals surface area contributed by atoms with Gasteiger partial charge in [-0.3, -0.25) is 0 Å². The van der Waals surface area contributed by atoms with Crippen molar-refractivity contribution in [3.05, 3.63) is 35.5 Å². The Morgan fingerprint density at radius 1 is 1.38 bits per heavy atom. The topological polar surface area (TPSA) is 34.2 Å². The average molecular weight is 216 g/mol. The fraction of sp³-hybridized carbons (Fsp3) is 0.308. The Morgan fingerprint density at radius 2 is 2.19 bits per heavy atom. The molecule has 0 atom stereocenters. The highest BCUT2D eigenvalue weighted by atomic mass is 16.5. The minimum atomic E-state index is 0.832. The number of aromatic nitrogens is 1. The first-order valence-corrected chi connectivity index (χ1v) is 5.34. The largest absolute Gasteiger partial charge is 0.494 e. The molecule has 0 unspecified atom stereocenters. The summed E-state index contributed by atoms with van der Waals surface area (Å²) in [6.07, 6.45) is 0. The summed E-state index contributed by atoms with van der Waals surface area (Å²) < 4.78 is 5.33. The lowest BCUT2D eigenvalue weighted by atomic mass is 10.1. The zero-order valence-electron chi connectivity index (χ0n) is 9.87. The maximum atomic E-state index is 5.33. The lowest BCUT2D eigenvalue weighted by Gasteiger charge is -2.10. The second-order valence-corrected chi connectivity index (χ2v) is 3.81. The van der Waals surface area contributed by atoms with Gasteiger partial charge in [-0.2, -0.15) is 0 Å². The Balaban J connectivity index is 2.72. The molecular weight excluding hydrogens is 200 g/mol. The number of nitrogens with one attached hydrogen (secondary N) is 1. The van der Waals surface area contributed by atoms with E-state index in [4.69, 9.17) is 4.74 Å². The summed E-state index contributed by atoms with van der Waals surface area (Å²) in [5, 5.41) is 4.32. The van der Waals surface area contributed by atoms with Gasteiger partial charge in [0.25, 0.3) is 0 Å². The van der Waals surface area contributed by atoms with Crippen LogP contribution in [0.15, 0.2) is 24.3 Å². The van der Waals surface area contributed by atoms with Gasteiger partial charge in [-0.1, -0.05) is 12.1 Å². The molecule has 2 rings (SSSR count). The maximum Gasteiger partial charge on any atom is 0.145 e. The fourth-order valence-electron chi connectivity index (χ4n) is 1.94. The number of hydrogen-bond acceptors (Lipinski definition) is 3. The highest BCUT2D eigenvalue weighted by Crippen LogP contribution is 2.26. The van der Waals surface area contributed by atoms with Crippen LogP contribution in [-0.4, -0.2) is 19.1 Å². The van der Waals surface area contributed by atoms with Crippen LogP contribution in [0.4, 0.5) is 0 Å². The minimum absolute atomic E-state index is 0.832. The fourth-order valence-corrected chi connectivity index (χ4v) is 1.94. The van der Waals surface area contributed by atoms with Crippen molar-refractivity contribution in [2.24, 2.45) is 0 Å². The summed E-state index contributed by atoms with van der Waals surface area (Å²) in [6, 6.07) is 8.13. The number of aryl methyl sites for hydroxylation is 1. The van der Waals surface area contributed by atoms with E-state index in [1.165, 1.54) is 5.56 Å². The van der Waals surface area contributed by atoms with Crippen LogP contribution in [0, 0.1) is 6.92 Å². The molecule has 1 heterocycles. The molecule has 16 heavy (non-hydrogen) atoms. The first-order valence-electron chi connectivity index (χ1n) is 5.34. The van der Waals surface area contributed by atoms with Gasteiger partial charge in [-0.25, -0.2) is 4.98 Å². The molecule has 3 nitrogen and oxygen atoms in total. The molecule has 2 aromatic rings. The molecule has 0 saturated carbocycles. The maximum absolute atomic E-state index is 5.33. The van der Waals surface area contributed by atoms with Gasteiger partial charge in [0.2, 0.25) is 0 Å². The zero-order valence-corrected chi connectivity index (χ0v) is 9.87. The molecular formula is C13H16N2O. The molecule has 0 saturated heterocycles. The summed E-state index contributed by atoms with van der Waals surface area (Å²) in [6.45, 7) is 2.85. The molecule has 1 aromatic carbocycles. The van der Waals surface area contributed by atoms with Crippen LogP contribution in [0.2, 0.25) is 0 Å². The third-order valence-electron chi connectivity index (χ3n) is 2.60. The van der Waals surface area contributed by atoms with E-state index in [1.807, 2.05) is 26.1 Å². The first-order chi connectivity index (χ1) is 7.76. The summed E-state index contributed by atoms with van der Waals surface area (Å²) in [7, 11) is 3.62. The SMILES string of the molecule is CNCc1cc(C)nc2c(OC)cccc12. The molecule has 0 amide bonds. The van der Waals surface area contributed by atoms with Crippen LogP contribution in [0.5, 0.6) is 5.75 Å². The normalized spacial score (nSPS) is 10.7. The van der Waals surface area contributed by atoms with Gasteiger partial charge in [0, 0.05) is 17.6 Å². The Morgan fingerprint density at radius 3 is 2.88 bits per heavy atom. The van der Waals surface area contributed by atoms with E-state index in [9.17, 15) is 0 Å². The van der Waals surface area contributed by atoms with E-state index in [0.29, 0.717) is 0 Å². The first kappa shape index (κ1) is 10.9. The van der Waals surface area contributed by atoms with Gasteiger partial charge in [-0.05, 0) is 31.7 Å². The Kier molecular flexibility index (Phi) is 3.06. The number of ether oxygens (including phenoxy) is 1. The average Bonchev–Trinajstić information content (AvgIpc) is 2.28. The highest BCUT2D eigenvalue weighted by molar-refractivity contribution is 5.87. The molecule has 0 fully saturated rings. The van der Waals surface area contributed by atoms with Crippen molar-refractivity contribution in [2.45, 2.75) is 13.5 Å². The molecule has 0 aliphatic carbocycles. The minimum Gasteiger partial charge on any atom is -0.494 e. The molecule has 3 heteroatoms. The number of methoxy groups -OCH3 is 1. The number of nitrogens with zero attached hydrogens (tertiary/aromatic N) is 1. The van der Waals surface area contributed by atoms with Crippen molar-refractivity contribution < 1.29 is 4.74 Å². The number of hydrogen-bond donors (Lipinski definition) is 1. The van der Waals surface area contributed by atoms with Crippen molar-refractivity contribution in [3.63, 3.8) is 0 Å². The quantitative estimate of drug-likeness (QED) is 0.854. The lowest BCUT2D eigenvalue weighted by molar-refractivity contribution is 0.419. The zero-order chi connectivity index (χ0) is 11.5. The van der Waals surface area contributed by atoms with E-state index in [1.54, 1.807) is 7.11 Å². The van der Waals surface area contributed by atoms with E-state index in [-0.39, 0.29) is 0 Å². The predicted molar refractivity (Wildman–Crippen MR) is 65.8 cm³/mol. The lowest BCUT2D eigenvalue weighted by Crippen LogP contribution is -2.06. The van der Waals surface area contributed by atoms with Gasteiger partial charge < -0.3 is 10.1 Å². The molecule has 0 aliphatic rings. The molecule has 0 radical (unpaired) electrons. The van der Waals surface area contributed by atoms with E-state index < -0.39 is 0 Å². The van der Waals surface area contributed by atoms with Crippen molar-refractivity contribution >= 4 is 10.9 Å². The van der Waals surface area contributed by atoms with Crippen LogP contribution >= 0.6 is 0 Å². The summed E-state index contributed by atoms with van der Waals surface area (Å²) in [5.41, 5.74) is 3.21. The van der Waals surface area contributed by atoms with Gasteiger partial charge in [0.05, 0.1) is 7.11 Å². The Hall–Kier alpha value is -1.61. The number of benzene rings is 1. The van der Waals surface area contributed by atoms with Crippen LogP contribution in [0.25, 0.3) is 10.9 Å². The second kappa shape index (κ2) is 4.49. The monoisotopic (exact) mass is 216 g/mol. The van der Waals surface area contributed by atoms with Crippen LogP contribution < -0.4 is 10.1 Å². The third-order valence-corrected chi connectivity index (χ3v) is 2.60. The molecule has 0 aliphatic heterocycles. The van der Waals surface area contributed by atoms with E-state index in [2.05, 4.69) is 22.4 Å². The van der Waals surface area contributed by atoms with Crippen LogP contribution in [-0.2, 0) is 6.54 Å². The number of para-hydroxylation sites is 1. The standard InChI is InChI=1S/C13H16N2O/c1-9-7-10(8-14-2)11-5-4-6-12(16-3)13(11)15-9/h4-7,14H,8H2,1-3H3. The Bertz CT molecular complexity index is 509. The van der Waals surface area contributed by atoms with E-state index in [0.717, 1.165) is 28.9 Å². The summed E-state index contributed by atoms with van der Waals surface area (Å²) >= 11 is 0. The smallest absolute Gasteiger partial charge is 0.145 e. The molecule has 1 N–H and O–H groups in total. The van der Waals surface area contributed by atoms with Crippen LogP contribution in [0.1, 0.15) is 11.3 Å². The molecule has 0 spiro atoms. The van der Waals surface area contributed by atoms with Gasteiger partial charge in [0.1, 0.15) is 11.3 Å². The van der Waals surface area contributed by atoms with Crippen molar-refractivity contribution in [2.75, 3.05) is 14.2 Å². The van der Waals surface area contributed by atoms with E-state index >= 15 is 0 Å². The Labute approximate surface area is 95.5 Å². The second-order valence-electron chi connectivity index (χ2n) is 3.81. The number of rotatable bonds is 3. The summed E-state index contributed by atoms with van der Waals surface area (Å²) in [5.74, 6) is 0.832.